The molecule has 0 unspecified atom stereocenters. The van der Waals surface area contributed by atoms with Gasteiger partial charge >= 0.3 is 0 Å². The molecule has 2 aliphatic heterocycles. The van der Waals surface area contributed by atoms with E-state index in [1.807, 2.05) is 0 Å². The van der Waals surface area contributed by atoms with E-state index in [1.165, 1.54) is 0 Å². The van der Waals surface area contributed by atoms with E-state index in [-0.39, 0.29) is 40.1 Å². The molecule has 13 atom stereocenters. The van der Waals surface area contributed by atoms with Crippen molar-refractivity contribution in [1.82, 2.24) is 0 Å². The van der Waals surface area contributed by atoms with Crippen LogP contribution in [-0.2, 0) is 14.3 Å². The zero-order valence-corrected chi connectivity index (χ0v) is 23.1. The molecular formula is C30H46O6. The molecule has 0 aromatic carbocycles. The number of carbonyl (C=O) groups is 1. The highest BCUT2D eigenvalue weighted by Crippen LogP contribution is 2.89. The zero-order valence-electron chi connectivity index (χ0n) is 23.1. The van der Waals surface area contributed by atoms with Crippen LogP contribution in [0.5, 0.6) is 0 Å². The second kappa shape index (κ2) is 6.43. The number of carbonyl (C=O) groups excluding carboxylic acids is 1. The topological polar surface area (TPSA) is 96.2 Å². The van der Waals surface area contributed by atoms with Crippen LogP contribution in [0.1, 0.15) is 93.4 Å². The van der Waals surface area contributed by atoms with Crippen LogP contribution in [0.15, 0.2) is 0 Å². The molecule has 36 heavy (non-hydrogen) atoms. The molecule has 6 nitrogen and oxygen atoms in total. The van der Waals surface area contributed by atoms with E-state index < -0.39 is 40.5 Å². The number of hydrogen-bond donors (Lipinski definition) is 3. The lowest BCUT2D eigenvalue weighted by molar-refractivity contribution is -0.283. The summed E-state index contributed by atoms with van der Waals surface area (Å²) in [6, 6.07) is 0. The fraction of sp³-hybridized carbons (Fsp3) is 0.967. The predicted molar refractivity (Wildman–Crippen MR) is 133 cm³/mol. The van der Waals surface area contributed by atoms with Gasteiger partial charge in [-0.2, -0.15) is 0 Å². The quantitative estimate of drug-likeness (QED) is 0.504. The molecule has 0 aromatic rings. The minimum atomic E-state index is -1.20. The van der Waals surface area contributed by atoms with Gasteiger partial charge in [-0.1, -0.05) is 34.6 Å². The van der Waals surface area contributed by atoms with E-state index >= 15 is 0 Å². The van der Waals surface area contributed by atoms with Gasteiger partial charge in [0.1, 0.15) is 18.0 Å². The minimum absolute atomic E-state index is 0.0381. The van der Waals surface area contributed by atoms with Gasteiger partial charge in [-0.05, 0) is 81.0 Å². The molecule has 2 bridgehead atoms. The van der Waals surface area contributed by atoms with E-state index in [0.29, 0.717) is 18.1 Å². The Morgan fingerprint density at radius 1 is 0.972 bits per heavy atom. The van der Waals surface area contributed by atoms with Gasteiger partial charge in [0.25, 0.3) is 0 Å². The van der Waals surface area contributed by atoms with Gasteiger partial charge in [0.15, 0.2) is 5.79 Å². The van der Waals surface area contributed by atoms with Gasteiger partial charge < -0.3 is 24.8 Å². The Bertz CT molecular complexity index is 1030. The fourth-order valence-electron chi connectivity index (χ4n) is 12.5. The van der Waals surface area contributed by atoms with Crippen LogP contribution in [-0.4, -0.2) is 56.9 Å². The number of ketones is 1. The molecule has 3 spiro atoms. The number of fused-ring (bicyclic) bond motifs is 4. The van der Waals surface area contributed by atoms with Crippen LogP contribution in [0.4, 0.5) is 0 Å². The van der Waals surface area contributed by atoms with Crippen LogP contribution >= 0.6 is 0 Å². The average molecular weight is 503 g/mol. The van der Waals surface area contributed by atoms with Crippen molar-refractivity contribution in [3.8, 4) is 0 Å². The monoisotopic (exact) mass is 502 g/mol. The molecule has 0 radical (unpaired) electrons. The second-order valence-electron chi connectivity index (χ2n) is 15.8. The molecule has 7 rings (SSSR count). The number of aliphatic hydroxyl groups excluding tert-OH is 2. The van der Waals surface area contributed by atoms with Crippen LogP contribution in [0.25, 0.3) is 0 Å². The van der Waals surface area contributed by atoms with Crippen LogP contribution < -0.4 is 0 Å². The highest BCUT2D eigenvalue weighted by atomic mass is 16.8. The first-order chi connectivity index (χ1) is 16.5. The maximum Gasteiger partial charge on any atom is 0.199 e. The number of ether oxygens (including phenoxy) is 2. The number of Topliss-reactive ketones (excluding diaryl/α,β-unsaturated/α-hetero) is 1. The normalized spacial score (nSPS) is 62.6. The van der Waals surface area contributed by atoms with E-state index in [1.54, 1.807) is 13.8 Å². The maximum atomic E-state index is 13.0. The van der Waals surface area contributed by atoms with Crippen molar-refractivity contribution in [3.05, 3.63) is 0 Å². The predicted octanol–water partition coefficient (Wildman–Crippen LogP) is 3.84. The molecule has 0 amide bonds. The summed E-state index contributed by atoms with van der Waals surface area (Å²) in [7, 11) is 0. The molecule has 2 saturated heterocycles. The first kappa shape index (κ1) is 24.5. The maximum absolute atomic E-state index is 13.0. The third kappa shape index (κ3) is 2.24. The SMILES string of the molecule is C[C@@H]1C[C@H]2O[C@@]3(O[C@@H]2C(C)(C)O)[C@H](O)[C@@]2(C)[C@@H]4CC[C@H]5C(C)(C)C(=O)CC[C@@]56C[C@@]46C[C@H](O)[C@]2(C)[C@@H]13. The van der Waals surface area contributed by atoms with E-state index in [9.17, 15) is 20.1 Å². The summed E-state index contributed by atoms with van der Waals surface area (Å²) in [5, 5.41) is 35.6. The average Bonchev–Trinajstić information content (AvgIpc) is 3.27. The Morgan fingerprint density at radius 2 is 1.64 bits per heavy atom. The van der Waals surface area contributed by atoms with Crippen molar-refractivity contribution in [2.75, 3.05) is 0 Å². The largest absolute Gasteiger partial charge is 0.393 e. The summed E-state index contributed by atoms with van der Waals surface area (Å²) in [5.41, 5.74) is -2.52. The third-order valence-electron chi connectivity index (χ3n) is 14.0. The third-order valence-corrected chi connectivity index (χ3v) is 14.0. The first-order valence-electron chi connectivity index (χ1n) is 14.5. The summed E-state index contributed by atoms with van der Waals surface area (Å²) in [5.74, 6) is -0.183. The van der Waals surface area contributed by atoms with Gasteiger partial charge in [0.05, 0.1) is 17.8 Å². The Balaban J connectivity index is 1.36. The highest BCUT2D eigenvalue weighted by molar-refractivity contribution is 5.86. The lowest BCUT2D eigenvalue weighted by Crippen LogP contribution is -2.64. The van der Waals surface area contributed by atoms with Gasteiger partial charge in [-0.25, -0.2) is 0 Å². The Labute approximate surface area is 215 Å². The van der Waals surface area contributed by atoms with Crippen molar-refractivity contribution >= 4 is 5.78 Å². The fourth-order valence-corrected chi connectivity index (χ4v) is 12.5. The van der Waals surface area contributed by atoms with Gasteiger partial charge in [-0.3, -0.25) is 4.79 Å². The van der Waals surface area contributed by atoms with Crippen LogP contribution in [0.2, 0.25) is 0 Å². The van der Waals surface area contributed by atoms with Gasteiger partial charge in [0.2, 0.25) is 0 Å². The Kier molecular flexibility index (Phi) is 4.38. The summed E-state index contributed by atoms with van der Waals surface area (Å²) in [6.45, 7) is 14.5. The van der Waals surface area contributed by atoms with Crippen molar-refractivity contribution < 1.29 is 29.6 Å². The van der Waals surface area contributed by atoms with E-state index in [2.05, 4.69) is 34.6 Å². The zero-order chi connectivity index (χ0) is 26.1. The summed E-state index contributed by atoms with van der Waals surface area (Å²) in [6.07, 6.45) is 3.85. The van der Waals surface area contributed by atoms with Crippen LogP contribution in [0, 0.1) is 50.7 Å². The van der Waals surface area contributed by atoms with Gasteiger partial charge in [-0.15, -0.1) is 0 Å². The van der Waals surface area contributed by atoms with Crippen LogP contribution in [0.3, 0.4) is 0 Å². The molecule has 5 aliphatic carbocycles. The Hall–Kier alpha value is -0.530. The van der Waals surface area contributed by atoms with E-state index in [0.717, 1.165) is 38.5 Å². The highest BCUT2D eigenvalue weighted by Gasteiger charge is 2.89. The smallest absolute Gasteiger partial charge is 0.199 e. The van der Waals surface area contributed by atoms with Crippen molar-refractivity contribution in [1.29, 1.82) is 0 Å². The van der Waals surface area contributed by atoms with E-state index in [4.69, 9.17) is 9.47 Å². The molecule has 7 fully saturated rings. The number of hydrogen-bond acceptors (Lipinski definition) is 6. The Morgan fingerprint density at radius 3 is 2.31 bits per heavy atom. The second-order valence-corrected chi connectivity index (χ2v) is 15.8. The molecule has 7 aliphatic rings. The number of aliphatic hydroxyl groups is 3. The molecular weight excluding hydrogens is 456 g/mol. The molecule has 6 heteroatoms. The number of rotatable bonds is 1. The summed E-state index contributed by atoms with van der Waals surface area (Å²) < 4.78 is 13.4. The van der Waals surface area contributed by atoms with Crippen molar-refractivity contribution in [2.24, 2.45) is 50.7 Å². The first-order valence-corrected chi connectivity index (χ1v) is 14.5. The van der Waals surface area contributed by atoms with Gasteiger partial charge in [0, 0.05) is 28.6 Å². The lowest BCUT2D eigenvalue weighted by Gasteiger charge is -2.64. The standard InChI is InChI=1S/C30H46O6/c1-15-12-16-22(25(4,5)34)36-30(35-16)21(15)27(7)20(32)13-29-14-28(29)11-10-19(31)24(2,3)17(28)8-9-18(29)26(27,6)23(30)33/h15-18,20-23,32-34H,8-14H2,1-7H3/t15-,16-,17+,18+,20+,21-,22+,23-,26-,27-,28-,29+,30+/m1/s1. The molecule has 0 aromatic heterocycles. The summed E-state index contributed by atoms with van der Waals surface area (Å²) in [4.78, 5) is 13.0. The summed E-state index contributed by atoms with van der Waals surface area (Å²) >= 11 is 0. The molecule has 5 saturated carbocycles. The van der Waals surface area contributed by atoms with Crippen molar-refractivity contribution in [3.63, 3.8) is 0 Å². The minimum Gasteiger partial charge on any atom is -0.393 e. The molecule has 202 valence electrons. The lowest BCUT2D eigenvalue weighted by atomic mass is 9.40. The molecule has 3 N–H and O–H groups in total. The van der Waals surface area contributed by atoms with Crippen molar-refractivity contribution in [2.45, 2.75) is 129 Å². The molecule has 2 heterocycles.